The highest BCUT2D eigenvalue weighted by atomic mass is 19.1. The Bertz CT molecular complexity index is 1020. The van der Waals surface area contributed by atoms with Crippen LogP contribution < -0.4 is 15.5 Å². The molecule has 1 unspecified atom stereocenters. The minimum absolute atomic E-state index is 0.0264. The van der Waals surface area contributed by atoms with E-state index in [0.717, 1.165) is 25.0 Å². The van der Waals surface area contributed by atoms with Gasteiger partial charge in [0.25, 0.3) is 6.02 Å². The number of amides is 2. The van der Waals surface area contributed by atoms with E-state index in [0.29, 0.717) is 30.2 Å². The van der Waals surface area contributed by atoms with E-state index < -0.39 is 29.4 Å². The van der Waals surface area contributed by atoms with Crippen molar-refractivity contribution < 1.29 is 23.1 Å². The first-order chi connectivity index (χ1) is 16.7. The zero-order chi connectivity index (χ0) is 25.2. The number of hydrogen-bond acceptors (Lipinski definition) is 5. The molecule has 1 aliphatic carbocycles. The number of nitrogens with one attached hydrogen (secondary N) is 2. The molecule has 3 aliphatic rings. The number of allylic oxidation sites excluding steroid dienone is 2. The highest BCUT2D eigenvalue weighted by Gasteiger charge is 2.37. The van der Waals surface area contributed by atoms with Crippen LogP contribution in [0.2, 0.25) is 0 Å². The van der Waals surface area contributed by atoms with Gasteiger partial charge < -0.3 is 15.0 Å². The van der Waals surface area contributed by atoms with Gasteiger partial charge in [-0.2, -0.15) is 0 Å². The van der Waals surface area contributed by atoms with E-state index in [1.807, 2.05) is 4.90 Å². The Kier molecular flexibility index (Phi) is 7.42. The average Bonchev–Trinajstić information content (AvgIpc) is 3.51. The fourth-order valence-electron chi connectivity index (χ4n) is 4.59. The van der Waals surface area contributed by atoms with Crippen molar-refractivity contribution in [2.75, 3.05) is 25.0 Å². The van der Waals surface area contributed by atoms with E-state index in [9.17, 15) is 18.4 Å². The second-order valence-electron chi connectivity index (χ2n) is 10.1. The summed E-state index contributed by atoms with van der Waals surface area (Å²) in [6.07, 6.45) is 7.64. The van der Waals surface area contributed by atoms with Crippen LogP contribution >= 0.6 is 0 Å². The summed E-state index contributed by atoms with van der Waals surface area (Å²) in [5.74, 6) is -2.71. The molecule has 3 fully saturated rings. The lowest BCUT2D eigenvalue weighted by molar-refractivity contribution is -0.134. The van der Waals surface area contributed by atoms with Gasteiger partial charge >= 0.3 is 0 Å². The van der Waals surface area contributed by atoms with Crippen molar-refractivity contribution in [3.05, 3.63) is 41.2 Å². The van der Waals surface area contributed by atoms with Crippen molar-refractivity contribution in [2.45, 2.75) is 70.8 Å². The zero-order valence-electron chi connectivity index (χ0n) is 20.6. The summed E-state index contributed by atoms with van der Waals surface area (Å²) in [7, 11) is 1.67. The van der Waals surface area contributed by atoms with Crippen molar-refractivity contribution in [1.82, 2.24) is 10.6 Å². The van der Waals surface area contributed by atoms with Gasteiger partial charge in [0, 0.05) is 44.2 Å². The van der Waals surface area contributed by atoms with Crippen LogP contribution in [0, 0.1) is 17.0 Å². The molecule has 2 amide bonds. The molecule has 9 heteroatoms. The smallest absolute Gasteiger partial charge is 0.289 e. The summed E-state index contributed by atoms with van der Waals surface area (Å²) >= 11 is 0. The van der Waals surface area contributed by atoms with E-state index in [-0.39, 0.29) is 24.4 Å². The quantitative estimate of drug-likeness (QED) is 0.249. The Morgan fingerprint density at radius 1 is 1.29 bits per heavy atom. The predicted octanol–water partition coefficient (Wildman–Crippen LogP) is 4.14. The summed E-state index contributed by atoms with van der Waals surface area (Å²) in [5, 5.41) is 5.43. The van der Waals surface area contributed by atoms with Gasteiger partial charge in [-0.3, -0.25) is 14.9 Å². The van der Waals surface area contributed by atoms with Crippen molar-refractivity contribution in [3.63, 3.8) is 0 Å². The number of carbonyl (C=O) groups excluding carboxylic acids is 2. The van der Waals surface area contributed by atoms with Crippen molar-refractivity contribution in [2.24, 2.45) is 10.4 Å². The molecule has 1 saturated carbocycles. The van der Waals surface area contributed by atoms with Crippen LogP contribution in [0.15, 0.2) is 29.0 Å². The van der Waals surface area contributed by atoms with Gasteiger partial charge in [-0.1, -0.05) is 13.8 Å². The van der Waals surface area contributed by atoms with Crippen LogP contribution in [-0.2, 0) is 14.3 Å². The number of amidine groups is 1. The summed E-state index contributed by atoms with van der Waals surface area (Å²) in [6, 6.07) is 2.98. The van der Waals surface area contributed by atoms with E-state index in [2.05, 4.69) is 35.5 Å². The Labute approximate surface area is 205 Å². The lowest BCUT2D eigenvalue weighted by atomic mass is 9.89. The minimum atomic E-state index is -0.999. The number of hydrogen-bond donors (Lipinski definition) is 2. The molecule has 2 heterocycles. The average molecular weight is 489 g/mol. The highest BCUT2D eigenvalue weighted by Crippen LogP contribution is 2.49. The molecule has 0 aromatic heterocycles. The van der Waals surface area contributed by atoms with E-state index in [4.69, 9.17) is 4.74 Å². The number of benzene rings is 1. The molecule has 7 nitrogen and oxygen atoms in total. The van der Waals surface area contributed by atoms with Crippen LogP contribution in [0.1, 0.15) is 70.3 Å². The number of anilines is 1. The number of nitrogens with zero attached hydrogens (tertiary/aromatic N) is 2. The van der Waals surface area contributed by atoms with Gasteiger partial charge in [-0.15, -0.1) is 0 Å². The molecule has 2 N–H and O–H groups in total. The number of halogens is 2. The Hall–Kier alpha value is -2.97. The van der Waals surface area contributed by atoms with E-state index >= 15 is 0 Å². The zero-order valence-corrected chi connectivity index (χ0v) is 20.6. The molecule has 1 atom stereocenters. The predicted molar refractivity (Wildman–Crippen MR) is 130 cm³/mol. The fraction of sp³-hybridized carbons (Fsp3) is 0.577. The number of imide groups is 1. The molecule has 1 aromatic carbocycles. The molecule has 0 spiro atoms. The largest absolute Gasteiger partial charge is 0.431 e. The molecule has 190 valence electrons. The molecule has 2 saturated heterocycles. The first kappa shape index (κ1) is 25.1. The Balaban J connectivity index is 1.33. The van der Waals surface area contributed by atoms with Gasteiger partial charge in [-0.25, -0.2) is 13.8 Å². The Morgan fingerprint density at radius 3 is 2.54 bits per heavy atom. The number of aliphatic imine (C=N–C) groups is 1. The lowest BCUT2D eigenvalue weighted by Gasteiger charge is -2.41. The Morgan fingerprint density at radius 2 is 1.97 bits per heavy atom. The van der Waals surface area contributed by atoms with Gasteiger partial charge in [0.05, 0.1) is 12.0 Å². The third kappa shape index (κ3) is 6.00. The summed E-state index contributed by atoms with van der Waals surface area (Å²) in [4.78, 5) is 29.5. The van der Waals surface area contributed by atoms with Crippen LogP contribution in [-0.4, -0.2) is 44.0 Å². The topological polar surface area (TPSA) is 83.0 Å². The number of rotatable bonds is 8. The summed E-state index contributed by atoms with van der Waals surface area (Å²) in [5.41, 5.74) is 0.576. The van der Waals surface area contributed by atoms with Gasteiger partial charge in [-0.05, 0) is 55.7 Å². The van der Waals surface area contributed by atoms with Crippen molar-refractivity contribution >= 4 is 23.5 Å². The van der Waals surface area contributed by atoms with Gasteiger partial charge in [0.1, 0.15) is 17.4 Å². The van der Waals surface area contributed by atoms with Crippen LogP contribution in [0.3, 0.4) is 0 Å². The molecule has 0 radical (unpaired) electrons. The third-order valence-corrected chi connectivity index (χ3v) is 7.17. The van der Waals surface area contributed by atoms with Crippen molar-refractivity contribution in [1.29, 1.82) is 0 Å². The van der Waals surface area contributed by atoms with Crippen molar-refractivity contribution in [3.8, 4) is 0 Å². The number of ether oxygens (including phenoxy) is 1. The monoisotopic (exact) mass is 488 g/mol. The van der Waals surface area contributed by atoms with E-state index in [1.165, 1.54) is 25.0 Å². The van der Waals surface area contributed by atoms with Crippen LogP contribution in [0.25, 0.3) is 0 Å². The first-order valence-corrected chi connectivity index (χ1v) is 12.4. The van der Waals surface area contributed by atoms with Gasteiger partial charge in [0.2, 0.25) is 11.8 Å². The van der Waals surface area contributed by atoms with Gasteiger partial charge in [0.15, 0.2) is 0 Å². The normalized spacial score (nSPS) is 22.5. The minimum Gasteiger partial charge on any atom is -0.431 e. The standard InChI is InChI=1S/C26H34F2N4O3/c1-4-5-18(8-9-26(2)10-11-26)35-25(29-3)30-16-14-32(15-16)17-12-20(27)23(21(28)13-17)19-6-7-22(33)31-24(19)34/h5,12-13,16,19H,4,6-11,14-15H2,1-3H3,(H,29,30)(H,31,33,34)/b18-5+. The lowest BCUT2D eigenvalue weighted by Crippen LogP contribution is -2.59. The summed E-state index contributed by atoms with van der Waals surface area (Å²) in [6.45, 7) is 5.44. The molecular formula is C26H34F2N4O3. The molecular weight excluding hydrogens is 454 g/mol. The molecule has 35 heavy (non-hydrogen) atoms. The molecule has 4 rings (SSSR count). The van der Waals surface area contributed by atoms with E-state index in [1.54, 1.807) is 7.05 Å². The van der Waals surface area contributed by atoms with Crippen LogP contribution in [0.4, 0.5) is 14.5 Å². The number of carbonyl (C=O) groups is 2. The summed E-state index contributed by atoms with van der Waals surface area (Å²) < 4.78 is 35.7. The molecule has 1 aromatic rings. The van der Waals surface area contributed by atoms with Crippen LogP contribution in [0.5, 0.6) is 0 Å². The second kappa shape index (κ2) is 10.3. The molecule has 0 bridgehead atoms. The molecule has 2 aliphatic heterocycles. The number of piperidine rings is 1. The first-order valence-electron chi connectivity index (χ1n) is 12.4. The third-order valence-electron chi connectivity index (χ3n) is 7.17. The highest BCUT2D eigenvalue weighted by molar-refractivity contribution is 6.01. The SMILES string of the molecule is CC/C=C(\CCC1(C)CC1)OC(=NC)NC1CN(c2cc(F)c(C3CCC(=O)NC3=O)c(F)c2)C1. The maximum atomic E-state index is 14.8. The second-order valence-corrected chi connectivity index (χ2v) is 10.1. The fourth-order valence-corrected chi connectivity index (χ4v) is 4.59. The maximum Gasteiger partial charge on any atom is 0.289 e. The maximum absolute atomic E-state index is 14.8.